The molecule has 0 aromatic heterocycles. The Kier molecular flexibility index (Phi) is 9.94. The lowest BCUT2D eigenvalue weighted by atomic mass is 9.94. The van der Waals surface area contributed by atoms with Crippen LogP contribution < -0.4 is 5.43 Å². The standard InChI is InChI=1S/C29H33Cl2N5OS/c1-34(2)33-11-13-35(3)12-10-22(20-8-9-25(30)26(31)17-20)19-36-14-15-38-28-23(18-32)16-21-6-4-5-7-24(21)27(28)29(36)37/h4-9,16-17,22,33H,10-15,19H2,1-3H3/t22-/m1/s1. The van der Waals surface area contributed by atoms with Crippen LogP contribution in [0.15, 0.2) is 53.4 Å². The molecule has 0 saturated carbocycles. The van der Waals surface area contributed by atoms with Crippen molar-refractivity contribution in [2.75, 3.05) is 59.6 Å². The van der Waals surface area contributed by atoms with Crippen LogP contribution in [-0.2, 0) is 0 Å². The number of hydrazine groups is 1. The maximum absolute atomic E-state index is 14.1. The van der Waals surface area contributed by atoms with E-state index in [1.165, 1.54) is 0 Å². The van der Waals surface area contributed by atoms with Gasteiger partial charge in [0.15, 0.2) is 0 Å². The van der Waals surface area contributed by atoms with Gasteiger partial charge in [-0.15, -0.1) is 11.8 Å². The molecule has 200 valence electrons. The van der Waals surface area contributed by atoms with Gasteiger partial charge in [0, 0.05) is 56.8 Å². The Hall–Kier alpha value is -2.31. The number of carbonyl (C=O) groups is 1. The number of hydrogen-bond donors (Lipinski definition) is 1. The van der Waals surface area contributed by atoms with Crippen LogP contribution in [0.5, 0.6) is 0 Å². The number of carbonyl (C=O) groups excluding carboxylic acids is 1. The van der Waals surface area contributed by atoms with Crippen molar-refractivity contribution in [2.24, 2.45) is 0 Å². The van der Waals surface area contributed by atoms with Crippen LogP contribution in [0.25, 0.3) is 10.8 Å². The van der Waals surface area contributed by atoms with E-state index in [9.17, 15) is 10.1 Å². The molecule has 0 aliphatic carbocycles. The Morgan fingerprint density at radius 2 is 1.89 bits per heavy atom. The highest BCUT2D eigenvalue weighted by Gasteiger charge is 2.29. The highest BCUT2D eigenvalue weighted by atomic mass is 35.5. The third-order valence-electron chi connectivity index (χ3n) is 6.87. The van der Waals surface area contributed by atoms with Gasteiger partial charge in [0.1, 0.15) is 6.07 Å². The van der Waals surface area contributed by atoms with Crippen molar-refractivity contribution in [3.63, 3.8) is 0 Å². The smallest absolute Gasteiger partial charge is 0.255 e. The van der Waals surface area contributed by atoms with Crippen LogP contribution in [0, 0.1) is 11.3 Å². The molecule has 0 radical (unpaired) electrons. The predicted molar refractivity (Wildman–Crippen MR) is 158 cm³/mol. The van der Waals surface area contributed by atoms with E-state index in [4.69, 9.17) is 23.2 Å². The van der Waals surface area contributed by atoms with E-state index in [1.807, 2.05) is 72.5 Å². The second-order valence-electron chi connectivity index (χ2n) is 9.83. The first-order chi connectivity index (χ1) is 18.3. The summed E-state index contributed by atoms with van der Waals surface area (Å²) in [6.45, 7) is 3.80. The van der Waals surface area contributed by atoms with Gasteiger partial charge in [-0.05, 0) is 54.5 Å². The van der Waals surface area contributed by atoms with Crippen molar-refractivity contribution >= 4 is 51.6 Å². The molecule has 1 aliphatic rings. The van der Waals surface area contributed by atoms with E-state index in [1.54, 1.807) is 11.8 Å². The topological polar surface area (TPSA) is 62.6 Å². The number of nitriles is 1. The molecule has 1 amide bonds. The fraction of sp³-hybridized carbons (Fsp3) is 0.379. The first-order valence-electron chi connectivity index (χ1n) is 12.7. The van der Waals surface area contributed by atoms with Gasteiger partial charge < -0.3 is 9.80 Å². The molecule has 3 aromatic carbocycles. The monoisotopic (exact) mass is 569 g/mol. The maximum Gasteiger partial charge on any atom is 0.255 e. The summed E-state index contributed by atoms with van der Waals surface area (Å²) in [5, 5.41) is 14.6. The first kappa shape index (κ1) is 28.7. The molecule has 4 rings (SSSR count). The molecule has 0 saturated heterocycles. The minimum Gasteiger partial charge on any atom is -0.337 e. The highest BCUT2D eigenvalue weighted by molar-refractivity contribution is 7.99. The van der Waals surface area contributed by atoms with Gasteiger partial charge in [-0.3, -0.25) is 15.2 Å². The second-order valence-corrected chi connectivity index (χ2v) is 11.7. The van der Waals surface area contributed by atoms with Crippen molar-refractivity contribution in [3.8, 4) is 6.07 Å². The largest absolute Gasteiger partial charge is 0.337 e. The number of hydrogen-bond acceptors (Lipinski definition) is 6. The highest BCUT2D eigenvalue weighted by Crippen LogP contribution is 2.37. The van der Waals surface area contributed by atoms with Crippen molar-refractivity contribution in [2.45, 2.75) is 17.2 Å². The summed E-state index contributed by atoms with van der Waals surface area (Å²) >= 11 is 14.2. The normalized spacial score (nSPS) is 14.6. The van der Waals surface area contributed by atoms with Crippen molar-refractivity contribution < 1.29 is 4.79 Å². The minimum absolute atomic E-state index is 0.0214. The van der Waals surface area contributed by atoms with E-state index in [0.717, 1.165) is 53.0 Å². The minimum atomic E-state index is -0.0214. The predicted octanol–water partition coefficient (Wildman–Crippen LogP) is 5.74. The number of benzene rings is 3. The van der Waals surface area contributed by atoms with Gasteiger partial charge in [-0.2, -0.15) is 5.26 Å². The Morgan fingerprint density at radius 3 is 2.63 bits per heavy atom. The molecule has 6 nitrogen and oxygen atoms in total. The summed E-state index contributed by atoms with van der Waals surface area (Å²) in [6.07, 6.45) is 0.860. The van der Waals surface area contributed by atoms with E-state index in [2.05, 4.69) is 23.4 Å². The zero-order valence-electron chi connectivity index (χ0n) is 22.0. The van der Waals surface area contributed by atoms with Gasteiger partial charge in [0.05, 0.1) is 21.2 Å². The molecule has 0 bridgehead atoms. The fourth-order valence-electron chi connectivity index (χ4n) is 4.81. The molecule has 0 spiro atoms. The van der Waals surface area contributed by atoms with Crippen LogP contribution in [0.2, 0.25) is 10.0 Å². The lowest BCUT2D eigenvalue weighted by molar-refractivity contribution is 0.0753. The number of amides is 1. The molecule has 1 atom stereocenters. The number of halogens is 2. The number of fused-ring (bicyclic) bond motifs is 3. The molecule has 1 heterocycles. The van der Waals surface area contributed by atoms with Crippen molar-refractivity contribution in [1.82, 2.24) is 20.2 Å². The van der Waals surface area contributed by atoms with Gasteiger partial charge >= 0.3 is 0 Å². The second kappa shape index (κ2) is 13.2. The molecule has 9 heteroatoms. The number of likely N-dealkylation sites (N-methyl/N-ethyl adjacent to an activating group) is 1. The summed E-state index contributed by atoms with van der Waals surface area (Å²) in [4.78, 5) is 19.1. The molecule has 38 heavy (non-hydrogen) atoms. The summed E-state index contributed by atoms with van der Waals surface area (Å²) < 4.78 is 0. The molecule has 0 unspecified atom stereocenters. The number of rotatable bonds is 10. The molecule has 1 aliphatic heterocycles. The lowest BCUT2D eigenvalue weighted by Gasteiger charge is -2.29. The zero-order valence-corrected chi connectivity index (χ0v) is 24.3. The maximum atomic E-state index is 14.1. The lowest BCUT2D eigenvalue weighted by Crippen LogP contribution is -2.38. The van der Waals surface area contributed by atoms with Gasteiger partial charge in [-0.1, -0.05) is 53.5 Å². The first-order valence-corrected chi connectivity index (χ1v) is 14.4. The molecular weight excluding hydrogens is 537 g/mol. The quantitative estimate of drug-likeness (QED) is 0.314. The fourth-order valence-corrected chi connectivity index (χ4v) is 6.24. The SMILES string of the molecule is CN(CCNN(C)C)CC[C@H](CN1CCSc2c(C#N)cc3ccccc3c2C1=O)c1ccc(Cl)c(Cl)c1. The average molecular weight is 571 g/mol. The van der Waals surface area contributed by atoms with Crippen molar-refractivity contribution in [1.29, 1.82) is 5.26 Å². The molecular formula is C29H33Cl2N5OS. The van der Waals surface area contributed by atoms with Gasteiger partial charge in [-0.25, -0.2) is 0 Å². The van der Waals surface area contributed by atoms with Gasteiger partial charge in [0.25, 0.3) is 5.91 Å². The Balaban J connectivity index is 1.61. The third kappa shape index (κ3) is 6.81. The van der Waals surface area contributed by atoms with Crippen molar-refractivity contribution in [3.05, 3.63) is 75.3 Å². The third-order valence-corrected chi connectivity index (χ3v) is 8.71. The molecule has 3 aromatic rings. The van der Waals surface area contributed by atoms with Crippen LogP contribution in [0.3, 0.4) is 0 Å². The Labute approximate surface area is 239 Å². The van der Waals surface area contributed by atoms with E-state index < -0.39 is 0 Å². The number of nitrogens with one attached hydrogen (secondary N) is 1. The van der Waals surface area contributed by atoms with E-state index in [0.29, 0.717) is 34.3 Å². The number of thioether (sulfide) groups is 1. The zero-order chi connectivity index (χ0) is 27.2. The summed E-state index contributed by atoms with van der Waals surface area (Å²) in [5.74, 6) is 0.789. The number of nitrogens with zero attached hydrogens (tertiary/aromatic N) is 4. The summed E-state index contributed by atoms with van der Waals surface area (Å²) in [7, 11) is 6.08. The van der Waals surface area contributed by atoms with E-state index in [-0.39, 0.29) is 11.8 Å². The summed E-state index contributed by atoms with van der Waals surface area (Å²) in [5.41, 5.74) is 5.58. The molecule has 1 N–H and O–H groups in total. The van der Waals surface area contributed by atoms with Crippen LogP contribution in [0.1, 0.15) is 33.8 Å². The Morgan fingerprint density at radius 1 is 1.11 bits per heavy atom. The summed E-state index contributed by atoms with van der Waals surface area (Å²) in [6, 6.07) is 17.8. The Bertz CT molecular complexity index is 1340. The van der Waals surface area contributed by atoms with Crippen LogP contribution in [0.4, 0.5) is 0 Å². The average Bonchev–Trinajstić information content (AvgIpc) is 3.06. The molecule has 0 fully saturated rings. The van der Waals surface area contributed by atoms with E-state index >= 15 is 0 Å². The van der Waals surface area contributed by atoms with Crippen LogP contribution in [-0.4, -0.2) is 80.3 Å². The van der Waals surface area contributed by atoms with Crippen LogP contribution >= 0.6 is 35.0 Å². The van der Waals surface area contributed by atoms with Gasteiger partial charge in [0.2, 0.25) is 0 Å².